The molecule has 0 bridgehead atoms. The number of anilines is 1. The summed E-state index contributed by atoms with van der Waals surface area (Å²) in [4.78, 5) is 12.4. The van der Waals surface area contributed by atoms with E-state index >= 15 is 0 Å². The average Bonchev–Trinajstić information content (AvgIpc) is 3.09. The van der Waals surface area contributed by atoms with Crippen LogP contribution in [0.4, 0.5) is 18.9 Å². The molecule has 30 heavy (non-hydrogen) atoms. The molecule has 1 aromatic heterocycles. The van der Waals surface area contributed by atoms with Crippen LogP contribution in [-0.2, 0) is 24.6 Å². The Morgan fingerprint density at radius 1 is 1.13 bits per heavy atom. The Hall–Kier alpha value is -3.01. The maximum absolute atomic E-state index is 12.8. The van der Waals surface area contributed by atoms with Crippen LogP contribution in [0.2, 0.25) is 0 Å². The Labute approximate surface area is 175 Å². The third kappa shape index (κ3) is 5.53. The summed E-state index contributed by atoms with van der Waals surface area (Å²) in [5.41, 5.74) is 1.59. The van der Waals surface area contributed by atoms with E-state index in [9.17, 15) is 18.0 Å². The van der Waals surface area contributed by atoms with E-state index in [0.29, 0.717) is 18.0 Å². The molecule has 1 N–H and O–H groups in total. The standard InChI is InChI=1S/C20H19F3N4O2S/c1-13(30-19-26-25-18(27(19)2)20(21,22)23)17(28)24-15-8-10-16(11-9-15)29-12-14-6-4-3-5-7-14/h3-11,13H,12H2,1-2H3,(H,24,28)/t13-/m0/s1. The molecule has 0 radical (unpaired) electrons. The molecule has 158 valence electrons. The molecule has 1 atom stereocenters. The lowest BCUT2D eigenvalue weighted by atomic mass is 10.2. The van der Waals surface area contributed by atoms with Crippen LogP contribution in [0, 0.1) is 0 Å². The largest absolute Gasteiger partial charge is 0.489 e. The number of ether oxygens (including phenoxy) is 1. The van der Waals surface area contributed by atoms with Gasteiger partial charge < -0.3 is 14.6 Å². The van der Waals surface area contributed by atoms with Gasteiger partial charge in [0, 0.05) is 12.7 Å². The molecule has 1 heterocycles. The van der Waals surface area contributed by atoms with Crippen LogP contribution in [0.5, 0.6) is 5.75 Å². The first-order valence-electron chi connectivity index (χ1n) is 8.95. The number of nitrogens with zero attached hydrogens (tertiary/aromatic N) is 3. The minimum Gasteiger partial charge on any atom is -0.489 e. The molecule has 0 aliphatic heterocycles. The number of halogens is 3. The molecular weight excluding hydrogens is 417 g/mol. The van der Waals surface area contributed by atoms with Gasteiger partial charge in [0.15, 0.2) is 5.16 Å². The summed E-state index contributed by atoms with van der Waals surface area (Å²) in [5, 5.41) is 8.74. The highest BCUT2D eigenvalue weighted by Gasteiger charge is 2.37. The van der Waals surface area contributed by atoms with Crippen LogP contribution in [0.15, 0.2) is 59.8 Å². The minimum atomic E-state index is -4.60. The number of hydrogen-bond acceptors (Lipinski definition) is 5. The van der Waals surface area contributed by atoms with Crippen molar-refractivity contribution in [1.82, 2.24) is 14.8 Å². The zero-order valence-electron chi connectivity index (χ0n) is 16.2. The summed E-state index contributed by atoms with van der Waals surface area (Å²) >= 11 is 0.896. The van der Waals surface area contributed by atoms with Crippen molar-refractivity contribution in [1.29, 1.82) is 0 Å². The van der Waals surface area contributed by atoms with Gasteiger partial charge in [-0.15, -0.1) is 10.2 Å². The number of amides is 1. The Bertz CT molecular complexity index is 992. The Balaban J connectivity index is 1.54. The quantitative estimate of drug-likeness (QED) is 0.551. The maximum atomic E-state index is 12.8. The van der Waals surface area contributed by atoms with Gasteiger partial charge >= 0.3 is 6.18 Å². The normalized spacial score (nSPS) is 12.4. The number of hydrogen-bond donors (Lipinski definition) is 1. The SMILES string of the molecule is C[C@H](Sc1nnc(C(F)(F)F)n1C)C(=O)Nc1ccc(OCc2ccccc2)cc1. The molecule has 0 saturated heterocycles. The number of carbonyl (C=O) groups excluding carboxylic acids is 1. The van der Waals surface area contributed by atoms with Crippen molar-refractivity contribution in [3.05, 3.63) is 66.0 Å². The molecular formula is C20H19F3N4O2S. The van der Waals surface area contributed by atoms with Crippen LogP contribution < -0.4 is 10.1 Å². The van der Waals surface area contributed by atoms with Crippen LogP contribution in [0.1, 0.15) is 18.3 Å². The second kappa shape index (κ2) is 9.21. The van der Waals surface area contributed by atoms with Gasteiger partial charge in [-0.2, -0.15) is 13.2 Å². The summed E-state index contributed by atoms with van der Waals surface area (Å²) in [6.07, 6.45) is -4.60. The molecule has 0 spiro atoms. The van der Waals surface area contributed by atoms with Crippen molar-refractivity contribution in [2.75, 3.05) is 5.32 Å². The Kier molecular flexibility index (Phi) is 6.66. The third-order valence-corrected chi connectivity index (χ3v) is 5.24. The molecule has 0 aliphatic carbocycles. The van der Waals surface area contributed by atoms with Crippen LogP contribution in [-0.4, -0.2) is 25.9 Å². The molecule has 3 aromatic rings. The summed E-state index contributed by atoms with van der Waals surface area (Å²) < 4.78 is 44.9. The molecule has 0 aliphatic rings. The highest BCUT2D eigenvalue weighted by atomic mass is 32.2. The average molecular weight is 436 g/mol. The highest BCUT2D eigenvalue weighted by molar-refractivity contribution is 8.00. The topological polar surface area (TPSA) is 69.0 Å². The van der Waals surface area contributed by atoms with E-state index in [0.717, 1.165) is 21.9 Å². The number of nitrogens with one attached hydrogen (secondary N) is 1. The molecule has 10 heteroatoms. The number of thioether (sulfide) groups is 1. The number of benzene rings is 2. The fourth-order valence-electron chi connectivity index (χ4n) is 2.50. The maximum Gasteiger partial charge on any atom is 0.451 e. The van der Waals surface area contributed by atoms with E-state index in [1.54, 1.807) is 31.2 Å². The van der Waals surface area contributed by atoms with E-state index in [1.807, 2.05) is 30.3 Å². The lowest BCUT2D eigenvalue weighted by Gasteiger charge is -2.13. The van der Waals surface area contributed by atoms with Crippen molar-refractivity contribution < 1.29 is 22.7 Å². The third-order valence-electron chi connectivity index (χ3n) is 4.11. The molecule has 6 nitrogen and oxygen atoms in total. The van der Waals surface area contributed by atoms with Gasteiger partial charge in [-0.1, -0.05) is 42.1 Å². The van der Waals surface area contributed by atoms with Gasteiger partial charge in [-0.3, -0.25) is 4.79 Å². The lowest BCUT2D eigenvalue weighted by molar-refractivity contribution is -0.147. The minimum absolute atomic E-state index is 0.00892. The molecule has 1 amide bonds. The van der Waals surface area contributed by atoms with Crippen LogP contribution in [0.3, 0.4) is 0 Å². The van der Waals surface area contributed by atoms with Gasteiger partial charge in [0.1, 0.15) is 12.4 Å². The van der Waals surface area contributed by atoms with E-state index < -0.39 is 17.3 Å². The molecule has 0 saturated carbocycles. The number of aromatic nitrogens is 3. The number of alkyl halides is 3. The first kappa shape index (κ1) is 21.7. The van der Waals surface area contributed by atoms with E-state index in [2.05, 4.69) is 15.5 Å². The van der Waals surface area contributed by atoms with Gasteiger partial charge in [0.25, 0.3) is 0 Å². The first-order valence-corrected chi connectivity index (χ1v) is 9.83. The summed E-state index contributed by atoms with van der Waals surface area (Å²) in [5.74, 6) is -0.823. The molecule has 3 rings (SSSR count). The molecule has 0 fully saturated rings. The second-order valence-corrected chi connectivity index (χ2v) is 7.72. The summed E-state index contributed by atoms with van der Waals surface area (Å²) in [6, 6.07) is 16.6. The zero-order chi connectivity index (χ0) is 21.7. The zero-order valence-corrected chi connectivity index (χ0v) is 17.0. The van der Waals surface area contributed by atoms with Crippen molar-refractivity contribution in [2.45, 2.75) is 30.1 Å². The molecule has 0 unspecified atom stereocenters. The summed E-state index contributed by atoms with van der Waals surface area (Å²) in [7, 11) is 1.21. The van der Waals surface area contributed by atoms with Crippen LogP contribution in [0.25, 0.3) is 0 Å². The molecule has 2 aromatic carbocycles. The predicted molar refractivity (Wildman–Crippen MR) is 107 cm³/mol. The Morgan fingerprint density at radius 3 is 2.40 bits per heavy atom. The number of carbonyl (C=O) groups is 1. The van der Waals surface area contributed by atoms with Crippen molar-refractivity contribution in [3.8, 4) is 5.75 Å². The van der Waals surface area contributed by atoms with E-state index in [4.69, 9.17) is 4.74 Å². The van der Waals surface area contributed by atoms with Crippen molar-refractivity contribution in [3.63, 3.8) is 0 Å². The van der Waals surface area contributed by atoms with Crippen molar-refractivity contribution in [2.24, 2.45) is 7.05 Å². The predicted octanol–water partition coefficient (Wildman–Crippen LogP) is 4.53. The summed E-state index contributed by atoms with van der Waals surface area (Å²) in [6.45, 7) is 2.01. The fourth-order valence-corrected chi connectivity index (χ4v) is 3.31. The van der Waals surface area contributed by atoms with Gasteiger partial charge in [0.2, 0.25) is 11.7 Å². The monoisotopic (exact) mass is 436 g/mol. The van der Waals surface area contributed by atoms with E-state index in [-0.39, 0.29) is 11.1 Å². The lowest BCUT2D eigenvalue weighted by Crippen LogP contribution is -2.23. The van der Waals surface area contributed by atoms with Crippen LogP contribution >= 0.6 is 11.8 Å². The fraction of sp³-hybridized carbons (Fsp3) is 0.250. The highest BCUT2D eigenvalue weighted by Crippen LogP contribution is 2.31. The van der Waals surface area contributed by atoms with Gasteiger partial charge in [-0.05, 0) is 36.8 Å². The second-order valence-electron chi connectivity index (χ2n) is 6.41. The van der Waals surface area contributed by atoms with E-state index in [1.165, 1.54) is 7.05 Å². The Morgan fingerprint density at radius 2 is 1.80 bits per heavy atom. The van der Waals surface area contributed by atoms with Gasteiger partial charge in [0.05, 0.1) is 5.25 Å². The first-order chi connectivity index (χ1) is 14.2. The van der Waals surface area contributed by atoms with Crippen molar-refractivity contribution >= 4 is 23.4 Å². The number of rotatable bonds is 7. The van der Waals surface area contributed by atoms with Gasteiger partial charge in [-0.25, -0.2) is 0 Å². The smallest absolute Gasteiger partial charge is 0.451 e.